The summed E-state index contributed by atoms with van der Waals surface area (Å²) >= 11 is 0. The number of amides is 1. The summed E-state index contributed by atoms with van der Waals surface area (Å²) in [5.41, 5.74) is -0.285. The summed E-state index contributed by atoms with van der Waals surface area (Å²) in [6, 6.07) is 3.82. The first-order chi connectivity index (χ1) is 9.09. The van der Waals surface area contributed by atoms with Crippen molar-refractivity contribution in [3.63, 3.8) is 0 Å². The van der Waals surface area contributed by atoms with Crippen LogP contribution in [0.3, 0.4) is 0 Å². The van der Waals surface area contributed by atoms with E-state index in [0.29, 0.717) is 19.1 Å². The van der Waals surface area contributed by atoms with E-state index in [2.05, 4.69) is 0 Å². The van der Waals surface area contributed by atoms with Crippen LogP contribution in [0.5, 0.6) is 5.75 Å². The fourth-order valence-electron chi connectivity index (χ4n) is 1.75. The monoisotopic (exact) mass is 267 g/mol. The molecule has 1 N–H and O–H groups in total. The number of likely N-dealkylation sites (N-methyl/N-ethyl adjacent to an activating group) is 1. The Morgan fingerprint density at radius 2 is 2.26 bits per heavy atom. The van der Waals surface area contributed by atoms with Crippen LogP contribution < -0.4 is 0 Å². The summed E-state index contributed by atoms with van der Waals surface area (Å²) in [6.07, 6.45) is 2.44. The Morgan fingerprint density at radius 3 is 2.89 bits per heavy atom. The van der Waals surface area contributed by atoms with Gasteiger partial charge in [-0.3, -0.25) is 4.79 Å². The molecule has 0 atom stereocenters. The predicted molar refractivity (Wildman–Crippen MR) is 68.6 cm³/mol. The van der Waals surface area contributed by atoms with Crippen LogP contribution in [-0.2, 0) is 4.74 Å². The number of carbonyl (C=O) groups is 1. The van der Waals surface area contributed by atoms with Gasteiger partial charge in [0.15, 0.2) is 0 Å². The lowest BCUT2D eigenvalue weighted by Crippen LogP contribution is -2.31. The van der Waals surface area contributed by atoms with Crippen molar-refractivity contribution in [2.75, 3.05) is 26.8 Å². The largest absolute Gasteiger partial charge is 0.507 e. The zero-order valence-electron chi connectivity index (χ0n) is 10.9. The summed E-state index contributed by atoms with van der Waals surface area (Å²) in [4.78, 5) is 13.3. The van der Waals surface area contributed by atoms with Crippen molar-refractivity contribution in [2.24, 2.45) is 5.92 Å². The molecule has 0 unspecified atom stereocenters. The maximum absolute atomic E-state index is 13.5. The Kier molecular flexibility index (Phi) is 4.37. The number of hydrogen-bond donors (Lipinski definition) is 1. The van der Waals surface area contributed by atoms with E-state index < -0.39 is 11.7 Å². The van der Waals surface area contributed by atoms with Gasteiger partial charge in [0.25, 0.3) is 5.91 Å². The zero-order chi connectivity index (χ0) is 13.8. The van der Waals surface area contributed by atoms with Gasteiger partial charge in [0, 0.05) is 20.2 Å². The summed E-state index contributed by atoms with van der Waals surface area (Å²) < 4.78 is 18.9. The Morgan fingerprint density at radius 1 is 1.53 bits per heavy atom. The van der Waals surface area contributed by atoms with Crippen LogP contribution >= 0.6 is 0 Å². The summed E-state index contributed by atoms with van der Waals surface area (Å²) in [5.74, 6) is -0.909. The van der Waals surface area contributed by atoms with Gasteiger partial charge in [-0.15, -0.1) is 0 Å². The second kappa shape index (κ2) is 6.02. The number of phenolic OH excluding ortho intramolecular Hbond substituents is 1. The molecule has 0 spiro atoms. The van der Waals surface area contributed by atoms with E-state index in [1.807, 2.05) is 0 Å². The quantitative estimate of drug-likeness (QED) is 0.802. The number of ether oxygens (including phenoxy) is 1. The van der Waals surface area contributed by atoms with Crippen LogP contribution in [0.2, 0.25) is 0 Å². The SMILES string of the molecule is CN(CCOCC1CC1)C(=O)c1c(O)cccc1F. The number of benzene rings is 1. The summed E-state index contributed by atoms with van der Waals surface area (Å²) in [5, 5.41) is 9.54. The average Bonchev–Trinajstić information content (AvgIpc) is 3.18. The minimum Gasteiger partial charge on any atom is -0.507 e. The average molecular weight is 267 g/mol. The van der Waals surface area contributed by atoms with E-state index in [1.54, 1.807) is 7.05 Å². The van der Waals surface area contributed by atoms with Crippen molar-refractivity contribution < 1.29 is 19.0 Å². The van der Waals surface area contributed by atoms with Gasteiger partial charge in [0.1, 0.15) is 17.1 Å². The van der Waals surface area contributed by atoms with E-state index in [-0.39, 0.29) is 11.3 Å². The second-order valence-corrected chi connectivity index (χ2v) is 4.88. The third kappa shape index (κ3) is 3.67. The number of hydrogen-bond acceptors (Lipinski definition) is 3. The highest BCUT2D eigenvalue weighted by Gasteiger charge is 2.22. The molecule has 0 radical (unpaired) electrons. The van der Waals surface area contributed by atoms with E-state index in [9.17, 15) is 14.3 Å². The molecule has 1 aromatic rings. The molecular formula is C14H18FNO3. The highest BCUT2D eigenvalue weighted by molar-refractivity contribution is 5.96. The molecule has 1 fully saturated rings. The molecule has 1 aliphatic carbocycles. The summed E-state index contributed by atoms with van der Waals surface area (Å²) in [7, 11) is 1.56. The molecule has 4 nitrogen and oxygen atoms in total. The third-order valence-electron chi connectivity index (χ3n) is 3.17. The first-order valence-corrected chi connectivity index (χ1v) is 6.40. The molecule has 0 aliphatic heterocycles. The van der Waals surface area contributed by atoms with Crippen molar-refractivity contribution >= 4 is 5.91 Å². The van der Waals surface area contributed by atoms with Gasteiger partial charge < -0.3 is 14.7 Å². The van der Waals surface area contributed by atoms with Crippen LogP contribution in [0.15, 0.2) is 18.2 Å². The number of rotatable bonds is 6. The Bertz CT molecular complexity index is 440. The first-order valence-electron chi connectivity index (χ1n) is 6.40. The minimum absolute atomic E-state index is 0.285. The van der Waals surface area contributed by atoms with Gasteiger partial charge in [-0.1, -0.05) is 6.07 Å². The van der Waals surface area contributed by atoms with Gasteiger partial charge in [-0.25, -0.2) is 4.39 Å². The molecule has 1 saturated carbocycles. The standard InChI is InChI=1S/C14H18FNO3/c1-16(7-8-19-9-10-5-6-10)14(18)13-11(15)3-2-4-12(13)17/h2-4,10,17H,5-9H2,1H3. The zero-order valence-corrected chi connectivity index (χ0v) is 10.9. The molecule has 0 bridgehead atoms. The molecule has 1 aliphatic rings. The number of nitrogens with zero attached hydrogens (tertiary/aromatic N) is 1. The van der Waals surface area contributed by atoms with E-state index in [4.69, 9.17) is 4.74 Å². The Hall–Kier alpha value is -1.62. The van der Waals surface area contributed by atoms with Crippen molar-refractivity contribution in [3.8, 4) is 5.75 Å². The highest BCUT2D eigenvalue weighted by atomic mass is 19.1. The molecule has 0 saturated heterocycles. The normalized spacial score (nSPS) is 14.4. The van der Waals surface area contributed by atoms with Crippen molar-refractivity contribution in [1.29, 1.82) is 0 Å². The molecule has 0 aromatic heterocycles. The predicted octanol–water partition coefficient (Wildman–Crippen LogP) is 2.03. The number of phenols is 1. The fraction of sp³-hybridized carbons (Fsp3) is 0.500. The maximum atomic E-state index is 13.5. The van der Waals surface area contributed by atoms with Gasteiger partial charge >= 0.3 is 0 Å². The van der Waals surface area contributed by atoms with Crippen LogP contribution in [0.25, 0.3) is 0 Å². The number of aromatic hydroxyl groups is 1. The van der Waals surface area contributed by atoms with Gasteiger partial charge in [0.05, 0.1) is 6.61 Å². The van der Waals surface area contributed by atoms with Crippen LogP contribution in [-0.4, -0.2) is 42.7 Å². The molecule has 1 aromatic carbocycles. The minimum atomic E-state index is -0.712. The molecule has 0 heterocycles. The van der Waals surface area contributed by atoms with Crippen molar-refractivity contribution in [1.82, 2.24) is 4.90 Å². The van der Waals surface area contributed by atoms with Crippen molar-refractivity contribution in [2.45, 2.75) is 12.8 Å². The lowest BCUT2D eigenvalue weighted by molar-refractivity contribution is 0.0674. The Balaban J connectivity index is 1.86. The highest BCUT2D eigenvalue weighted by Crippen LogP contribution is 2.28. The third-order valence-corrected chi connectivity index (χ3v) is 3.17. The van der Waals surface area contributed by atoms with E-state index in [1.165, 1.54) is 29.9 Å². The lowest BCUT2D eigenvalue weighted by Gasteiger charge is -2.18. The maximum Gasteiger partial charge on any atom is 0.260 e. The van der Waals surface area contributed by atoms with Crippen LogP contribution in [0.1, 0.15) is 23.2 Å². The summed E-state index contributed by atoms with van der Waals surface area (Å²) in [6.45, 7) is 1.53. The molecule has 2 rings (SSSR count). The topological polar surface area (TPSA) is 49.8 Å². The molecular weight excluding hydrogens is 249 g/mol. The second-order valence-electron chi connectivity index (χ2n) is 4.88. The first kappa shape index (κ1) is 13.8. The van der Waals surface area contributed by atoms with Gasteiger partial charge in [-0.2, -0.15) is 0 Å². The molecule has 19 heavy (non-hydrogen) atoms. The van der Waals surface area contributed by atoms with E-state index in [0.717, 1.165) is 12.7 Å². The fourth-order valence-corrected chi connectivity index (χ4v) is 1.75. The number of carbonyl (C=O) groups excluding carboxylic acids is 1. The smallest absolute Gasteiger partial charge is 0.260 e. The van der Waals surface area contributed by atoms with Crippen LogP contribution in [0.4, 0.5) is 4.39 Å². The number of halogens is 1. The molecule has 104 valence electrons. The van der Waals surface area contributed by atoms with Gasteiger partial charge in [-0.05, 0) is 30.9 Å². The lowest BCUT2D eigenvalue weighted by atomic mass is 10.1. The van der Waals surface area contributed by atoms with Crippen molar-refractivity contribution in [3.05, 3.63) is 29.6 Å². The molecule has 1 amide bonds. The van der Waals surface area contributed by atoms with Crippen LogP contribution in [0, 0.1) is 11.7 Å². The van der Waals surface area contributed by atoms with E-state index >= 15 is 0 Å². The molecule has 5 heteroatoms. The van der Waals surface area contributed by atoms with Gasteiger partial charge in [0.2, 0.25) is 0 Å². The Labute approximate surface area is 111 Å².